The summed E-state index contributed by atoms with van der Waals surface area (Å²) in [6.07, 6.45) is -0.448. The Kier molecular flexibility index (Phi) is 4.11. The van der Waals surface area contributed by atoms with Crippen LogP contribution in [-0.2, 0) is 6.18 Å². The highest BCUT2D eigenvalue weighted by molar-refractivity contribution is 5.97. The molecule has 0 radical (unpaired) electrons. The predicted molar refractivity (Wildman–Crippen MR) is 72.8 cm³/mol. The number of primary amides is 1. The van der Waals surface area contributed by atoms with Gasteiger partial charge in [-0.15, -0.1) is 0 Å². The Hall–Kier alpha value is -1.79. The maximum absolute atomic E-state index is 12.7. The van der Waals surface area contributed by atoms with E-state index in [1.165, 1.54) is 0 Å². The molecule has 0 saturated heterocycles. The molecule has 3 N–H and O–H groups in total. The van der Waals surface area contributed by atoms with Gasteiger partial charge in [0.1, 0.15) is 11.5 Å². The lowest BCUT2D eigenvalue weighted by atomic mass is 10.0. The zero-order valence-corrected chi connectivity index (χ0v) is 11.8. The Morgan fingerprint density at radius 2 is 2.10 bits per heavy atom. The van der Waals surface area contributed by atoms with Crippen LogP contribution in [0.2, 0.25) is 0 Å². The summed E-state index contributed by atoms with van der Waals surface area (Å²) in [6, 6.07) is 1.84. The molecular formula is C14H18F3N3O. The Labute approximate surface area is 120 Å². The molecule has 2 rings (SSSR count). The van der Waals surface area contributed by atoms with E-state index in [1.54, 1.807) is 0 Å². The molecule has 1 aromatic heterocycles. The van der Waals surface area contributed by atoms with Gasteiger partial charge in [0.25, 0.3) is 5.91 Å². The van der Waals surface area contributed by atoms with Crippen LogP contribution in [-0.4, -0.2) is 17.4 Å². The number of alkyl halides is 3. The fourth-order valence-corrected chi connectivity index (χ4v) is 2.44. The van der Waals surface area contributed by atoms with Gasteiger partial charge in [-0.2, -0.15) is 13.2 Å². The number of anilines is 1. The molecule has 0 unspecified atom stereocenters. The average molecular weight is 301 g/mol. The molecule has 1 heterocycles. The first kappa shape index (κ1) is 15.6. The highest BCUT2D eigenvalue weighted by Crippen LogP contribution is 2.49. The summed E-state index contributed by atoms with van der Waals surface area (Å²) in [6.45, 7) is 2.58. The van der Waals surface area contributed by atoms with Gasteiger partial charge in [0, 0.05) is 6.54 Å². The zero-order valence-electron chi connectivity index (χ0n) is 11.8. The van der Waals surface area contributed by atoms with E-state index < -0.39 is 17.8 Å². The number of aromatic nitrogens is 1. The van der Waals surface area contributed by atoms with Gasteiger partial charge in [0.2, 0.25) is 0 Å². The number of carbonyl (C=O) groups is 1. The quantitative estimate of drug-likeness (QED) is 0.848. The van der Waals surface area contributed by atoms with Crippen molar-refractivity contribution in [1.82, 2.24) is 4.98 Å². The molecule has 1 aromatic rings. The second-order valence-electron chi connectivity index (χ2n) is 5.56. The van der Waals surface area contributed by atoms with Crippen molar-refractivity contribution in [3.05, 3.63) is 23.4 Å². The number of hydrogen-bond acceptors (Lipinski definition) is 3. The molecule has 0 atom stereocenters. The number of pyridine rings is 1. The highest BCUT2D eigenvalue weighted by atomic mass is 19.4. The largest absolute Gasteiger partial charge is 0.433 e. The summed E-state index contributed by atoms with van der Waals surface area (Å²) < 4.78 is 38.1. The first-order chi connectivity index (χ1) is 9.77. The summed E-state index contributed by atoms with van der Waals surface area (Å²) in [5, 5.41) is 2.88. The molecule has 116 valence electrons. The van der Waals surface area contributed by atoms with Crippen molar-refractivity contribution in [2.45, 2.75) is 38.8 Å². The molecule has 1 aliphatic rings. The normalized spacial score (nSPS) is 16.6. The first-order valence-corrected chi connectivity index (χ1v) is 6.89. The van der Waals surface area contributed by atoms with Crippen LogP contribution in [0.3, 0.4) is 0 Å². The maximum atomic E-state index is 12.7. The molecule has 0 aliphatic heterocycles. The van der Waals surface area contributed by atoms with Crippen LogP contribution in [0.1, 0.15) is 48.7 Å². The predicted octanol–water partition coefficient (Wildman–Crippen LogP) is 3.19. The Balaban J connectivity index is 2.21. The standard InChI is InChI=1S/C14H18F3N3O/c1-2-5-13(6-7-13)8-19-12-9(11(18)21)3-4-10(20-12)14(15,16)17/h3-4H,2,5-8H2,1H3,(H2,18,21)(H,19,20). The monoisotopic (exact) mass is 301 g/mol. The highest BCUT2D eigenvalue weighted by Gasteiger charge is 2.41. The van der Waals surface area contributed by atoms with Crippen LogP contribution in [0, 0.1) is 5.41 Å². The lowest BCUT2D eigenvalue weighted by Crippen LogP contribution is -2.22. The summed E-state index contributed by atoms with van der Waals surface area (Å²) >= 11 is 0. The molecule has 1 aliphatic carbocycles. The molecular weight excluding hydrogens is 283 g/mol. The minimum absolute atomic E-state index is 0.0182. The van der Waals surface area contributed by atoms with Crippen molar-refractivity contribution in [3.8, 4) is 0 Å². The van der Waals surface area contributed by atoms with E-state index in [1.807, 2.05) is 0 Å². The minimum Gasteiger partial charge on any atom is -0.369 e. The van der Waals surface area contributed by atoms with Crippen molar-refractivity contribution >= 4 is 11.7 Å². The number of rotatable bonds is 6. The van der Waals surface area contributed by atoms with E-state index in [2.05, 4.69) is 17.2 Å². The smallest absolute Gasteiger partial charge is 0.369 e. The molecule has 1 fully saturated rings. The SMILES string of the molecule is CCCC1(CNc2nc(C(F)(F)F)ccc2C(N)=O)CC1. The lowest BCUT2D eigenvalue weighted by molar-refractivity contribution is -0.141. The number of nitrogens with zero attached hydrogens (tertiary/aromatic N) is 1. The summed E-state index contributed by atoms with van der Waals surface area (Å²) in [4.78, 5) is 14.8. The molecule has 21 heavy (non-hydrogen) atoms. The fourth-order valence-electron chi connectivity index (χ4n) is 2.44. The molecule has 1 saturated carbocycles. The van der Waals surface area contributed by atoms with E-state index in [4.69, 9.17) is 5.73 Å². The number of amides is 1. The molecule has 7 heteroatoms. The van der Waals surface area contributed by atoms with Crippen molar-refractivity contribution in [2.75, 3.05) is 11.9 Å². The van der Waals surface area contributed by atoms with Crippen LogP contribution >= 0.6 is 0 Å². The molecule has 0 aromatic carbocycles. The van der Waals surface area contributed by atoms with Gasteiger partial charge >= 0.3 is 6.18 Å². The van der Waals surface area contributed by atoms with Gasteiger partial charge in [-0.05, 0) is 36.8 Å². The van der Waals surface area contributed by atoms with Crippen molar-refractivity contribution in [2.24, 2.45) is 11.1 Å². The number of nitrogens with two attached hydrogens (primary N) is 1. The van der Waals surface area contributed by atoms with Crippen LogP contribution in [0.15, 0.2) is 12.1 Å². The molecule has 0 spiro atoms. The van der Waals surface area contributed by atoms with Crippen molar-refractivity contribution in [1.29, 1.82) is 0 Å². The molecule has 0 bridgehead atoms. The summed E-state index contributed by atoms with van der Waals surface area (Å²) in [7, 11) is 0. The van der Waals surface area contributed by atoms with Gasteiger partial charge in [0.05, 0.1) is 5.56 Å². The van der Waals surface area contributed by atoms with Crippen molar-refractivity contribution in [3.63, 3.8) is 0 Å². The van der Waals surface area contributed by atoms with Gasteiger partial charge in [0.15, 0.2) is 0 Å². The maximum Gasteiger partial charge on any atom is 0.433 e. The second kappa shape index (κ2) is 5.54. The fraction of sp³-hybridized carbons (Fsp3) is 0.571. The van der Waals surface area contributed by atoms with Crippen LogP contribution in [0.5, 0.6) is 0 Å². The van der Waals surface area contributed by atoms with E-state index in [0.717, 1.165) is 37.8 Å². The molecule has 1 amide bonds. The summed E-state index contributed by atoms with van der Waals surface area (Å²) in [5.74, 6) is -0.876. The lowest BCUT2D eigenvalue weighted by Gasteiger charge is -2.17. The number of nitrogens with one attached hydrogen (secondary N) is 1. The third-order valence-corrected chi connectivity index (χ3v) is 3.82. The molecule has 4 nitrogen and oxygen atoms in total. The van der Waals surface area contributed by atoms with Crippen LogP contribution in [0.25, 0.3) is 0 Å². The Morgan fingerprint density at radius 3 is 2.57 bits per heavy atom. The topological polar surface area (TPSA) is 68.0 Å². The first-order valence-electron chi connectivity index (χ1n) is 6.89. The van der Waals surface area contributed by atoms with E-state index in [0.29, 0.717) is 6.54 Å². The number of halogens is 3. The van der Waals surface area contributed by atoms with Gasteiger partial charge < -0.3 is 11.1 Å². The van der Waals surface area contributed by atoms with E-state index >= 15 is 0 Å². The Bertz CT molecular complexity index is 539. The van der Waals surface area contributed by atoms with Crippen LogP contribution in [0.4, 0.5) is 19.0 Å². The zero-order chi connectivity index (χ0) is 15.7. The third-order valence-electron chi connectivity index (χ3n) is 3.82. The number of hydrogen-bond donors (Lipinski definition) is 2. The average Bonchev–Trinajstić information content (AvgIpc) is 3.15. The van der Waals surface area contributed by atoms with E-state index in [9.17, 15) is 18.0 Å². The number of carbonyl (C=O) groups excluding carboxylic acids is 1. The van der Waals surface area contributed by atoms with Gasteiger partial charge in [-0.1, -0.05) is 13.3 Å². The van der Waals surface area contributed by atoms with Gasteiger partial charge in [-0.25, -0.2) is 4.98 Å². The third kappa shape index (κ3) is 3.65. The second-order valence-corrected chi connectivity index (χ2v) is 5.56. The van der Waals surface area contributed by atoms with Crippen molar-refractivity contribution < 1.29 is 18.0 Å². The summed E-state index contributed by atoms with van der Waals surface area (Å²) in [5.41, 5.74) is 4.26. The minimum atomic E-state index is -4.55. The Morgan fingerprint density at radius 1 is 1.43 bits per heavy atom. The van der Waals surface area contributed by atoms with Crippen LogP contribution < -0.4 is 11.1 Å². The van der Waals surface area contributed by atoms with Gasteiger partial charge in [-0.3, -0.25) is 4.79 Å². The van der Waals surface area contributed by atoms with E-state index in [-0.39, 0.29) is 16.8 Å².